The second-order valence-corrected chi connectivity index (χ2v) is 6.55. The van der Waals surface area contributed by atoms with E-state index < -0.39 is 5.97 Å². The third-order valence-corrected chi connectivity index (χ3v) is 4.60. The van der Waals surface area contributed by atoms with Crippen molar-refractivity contribution >= 4 is 40.0 Å². The van der Waals surface area contributed by atoms with Crippen LogP contribution in [0.3, 0.4) is 0 Å². The Morgan fingerprint density at radius 1 is 1.29 bits per heavy atom. The van der Waals surface area contributed by atoms with Crippen molar-refractivity contribution in [2.24, 2.45) is 0 Å². The first kappa shape index (κ1) is 15.6. The summed E-state index contributed by atoms with van der Waals surface area (Å²) in [5.41, 5.74) is 0.401. The lowest BCUT2D eigenvalue weighted by Crippen LogP contribution is -2.15. The van der Waals surface area contributed by atoms with Gasteiger partial charge in [-0.2, -0.15) is 0 Å². The Morgan fingerprint density at radius 3 is 2.67 bits per heavy atom. The van der Waals surface area contributed by atoms with Gasteiger partial charge in [0.15, 0.2) is 0 Å². The van der Waals surface area contributed by atoms with E-state index in [0.717, 1.165) is 9.77 Å². The minimum Gasteiger partial charge on any atom is -0.465 e. The van der Waals surface area contributed by atoms with E-state index in [-0.39, 0.29) is 5.91 Å². The van der Waals surface area contributed by atoms with Crippen molar-refractivity contribution in [2.75, 3.05) is 18.2 Å². The second kappa shape index (κ2) is 7.28. The Bertz CT molecular complexity index is 638. The lowest BCUT2D eigenvalue weighted by molar-refractivity contribution is -0.113. The van der Waals surface area contributed by atoms with E-state index in [9.17, 15) is 9.59 Å². The lowest BCUT2D eigenvalue weighted by atomic mass is 10.3. The minimum atomic E-state index is -0.439. The molecule has 0 saturated heterocycles. The van der Waals surface area contributed by atoms with E-state index in [4.69, 9.17) is 4.74 Å². The summed E-state index contributed by atoms with van der Waals surface area (Å²) in [7, 11) is 1.33. The first-order valence-electron chi connectivity index (χ1n) is 6.26. The van der Waals surface area contributed by atoms with Crippen LogP contribution in [0.25, 0.3) is 0 Å². The Balaban J connectivity index is 1.98. The Hall–Kier alpha value is -1.79. The van der Waals surface area contributed by atoms with Crippen LogP contribution in [-0.4, -0.2) is 24.7 Å². The molecule has 1 heterocycles. The van der Waals surface area contributed by atoms with Gasteiger partial charge in [0.2, 0.25) is 5.91 Å². The van der Waals surface area contributed by atoms with Gasteiger partial charge < -0.3 is 10.1 Å². The fourth-order valence-corrected chi connectivity index (χ4v) is 3.33. The number of nitrogens with one attached hydrogen (secondary N) is 1. The van der Waals surface area contributed by atoms with Gasteiger partial charge in [0.25, 0.3) is 0 Å². The third-order valence-electron chi connectivity index (χ3n) is 2.63. The largest absolute Gasteiger partial charge is 0.465 e. The maximum absolute atomic E-state index is 12.0. The molecule has 0 atom stereocenters. The van der Waals surface area contributed by atoms with E-state index in [1.54, 1.807) is 6.07 Å². The lowest BCUT2D eigenvalue weighted by Gasteiger charge is -2.05. The molecular weight excluding hydrogens is 306 g/mol. The van der Waals surface area contributed by atoms with Gasteiger partial charge in [-0.05, 0) is 25.1 Å². The Labute approximate surface area is 131 Å². The van der Waals surface area contributed by atoms with Crippen molar-refractivity contribution in [3.05, 3.63) is 46.8 Å². The SMILES string of the molecule is COC(=O)c1cc(C)sc1NC(=O)CSc1ccccc1. The van der Waals surface area contributed by atoms with Gasteiger partial charge in [0, 0.05) is 9.77 Å². The molecule has 6 heteroatoms. The van der Waals surface area contributed by atoms with Crippen molar-refractivity contribution in [1.82, 2.24) is 0 Å². The molecule has 1 aromatic carbocycles. The maximum atomic E-state index is 12.0. The van der Waals surface area contributed by atoms with Crippen LogP contribution in [0.2, 0.25) is 0 Å². The molecule has 1 amide bonds. The van der Waals surface area contributed by atoms with Gasteiger partial charge in [-0.25, -0.2) is 4.79 Å². The van der Waals surface area contributed by atoms with Crippen LogP contribution in [0, 0.1) is 6.92 Å². The van der Waals surface area contributed by atoms with Crippen LogP contribution in [0.5, 0.6) is 0 Å². The monoisotopic (exact) mass is 321 g/mol. The Morgan fingerprint density at radius 2 is 2.00 bits per heavy atom. The molecule has 2 aromatic rings. The quantitative estimate of drug-likeness (QED) is 0.675. The number of anilines is 1. The van der Waals surface area contributed by atoms with Crippen molar-refractivity contribution in [3.8, 4) is 0 Å². The number of carbonyl (C=O) groups is 2. The fraction of sp³-hybridized carbons (Fsp3) is 0.200. The molecule has 21 heavy (non-hydrogen) atoms. The molecule has 0 bridgehead atoms. The molecule has 1 N–H and O–H groups in total. The number of esters is 1. The van der Waals surface area contributed by atoms with Gasteiger partial charge in [0.1, 0.15) is 5.00 Å². The standard InChI is InChI=1S/C15H15NO3S2/c1-10-8-12(15(18)19-2)14(21-10)16-13(17)9-20-11-6-4-3-5-7-11/h3-8H,9H2,1-2H3,(H,16,17). The normalized spacial score (nSPS) is 10.2. The number of ether oxygens (including phenoxy) is 1. The van der Waals surface area contributed by atoms with Gasteiger partial charge in [0.05, 0.1) is 18.4 Å². The van der Waals surface area contributed by atoms with Crippen LogP contribution in [0.1, 0.15) is 15.2 Å². The van der Waals surface area contributed by atoms with Gasteiger partial charge in [-0.1, -0.05) is 18.2 Å². The molecule has 0 saturated carbocycles. The molecule has 2 rings (SSSR count). The van der Waals surface area contributed by atoms with E-state index in [0.29, 0.717) is 16.3 Å². The van der Waals surface area contributed by atoms with E-state index in [1.807, 2.05) is 37.3 Å². The van der Waals surface area contributed by atoms with Crippen molar-refractivity contribution in [1.29, 1.82) is 0 Å². The zero-order valence-corrected chi connectivity index (χ0v) is 13.3. The number of amides is 1. The molecule has 110 valence electrons. The zero-order chi connectivity index (χ0) is 15.2. The second-order valence-electron chi connectivity index (χ2n) is 4.24. The minimum absolute atomic E-state index is 0.143. The Kier molecular flexibility index (Phi) is 5.41. The smallest absolute Gasteiger partial charge is 0.340 e. The van der Waals surface area contributed by atoms with Crippen molar-refractivity contribution in [3.63, 3.8) is 0 Å². The summed E-state index contributed by atoms with van der Waals surface area (Å²) in [6.45, 7) is 1.88. The van der Waals surface area contributed by atoms with Crippen LogP contribution in [-0.2, 0) is 9.53 Å². The van der Waals surface area contributed by atoms with Crippen LogP contribution in [0.4, 0.5) is 5.00 Å². The summed E-state index contributed by atoms with van der Waals surface area (Å²) in [4.78, 5) is 25.6. The third kappa shape index (κ3) is 4.34. The van der Waals surface area contributed by atoms with Crippen LogP contribution >= 0.6 is 23.1 Å². The van der Waals surface area contributed by atoms with Gasteiger partial charge >= 0.3 is 5.97 Å². The molecule has 0 radical (unpaired) electrons. The molecular formula is C15H15NO3S2. The van der Waals surface area contributed by atoms with Crippen molar-refractivity contribution < 1.29 is 14.3 Å². The first-order chi connectivity index (χ1) is 10.1. The average molecular weight is 321 g/mol. The predicted molar refractivity (Wildman–Crippen MR) is 86.2 cm³/mol. The molecule has 1 aromatic heterocycles. The highest BCUT2D eigenvalue weighted by Crippen LogP contribution is 2.28. The number of thiophene rings is 1. The summed E-state index contributed by atoms with van der Waals surface area (Å²) in [6.07, 6.45) is 0. The number of methoxy groups -OCH3 is 1. The molecule has 0 fully saturated rings. The highest BCUT2D eigenvalue weighted by Gasteiger charge is 2.17. The highest BCUT2D eigenvalue weighted by molar-refractivity contribution is 8.00. The predicted octanol–water partition coefficient (Wildman–Crippen LogP) is 3.57. The molecule has 0 aliphatic heterocycles. The number of carbonyl (C=O) groups excluding carboxylic acids is 2. The summed E-state index contributed by atoms with van der Waals surface area (Å²) in [5.74, 6) is -0.289. The van der Waals surface area contributed by atoms with E-state index in [1.165, 1.54) is 30.2 Å². The van der Waals surface area contributed by atoms with Crippen LogP contribution < -0.4 is 5.32 Å². The van der Waals surface area contributed by atoms with Crippen LogP contribution in [0.15, 0.2) is 41.3 Å². The number of hydrogen-bond acceptors (Lipinski definition) is 5. The summed E-state index contributed by atoms with van der Waals surface area (Å²) < 4.78 is 4.71. The highest BCUT2D eigenvalue weighted by atomic mass is 32.2. The molecule has 4 nitrogen and oxygen atoms in total. The topological polar surface area (TPSA) is 55.4 Å². The summed E-state index contributed by atoms with van der Waals surface area (Å²) in [5, 5.41) is 3.31. The molecule has 0 aliphatic rings. The molecule has 0 aliphatic carbocycles. The van der Waals surface area contributed by atoms with Crippen molar-refractivity contribution in [2.45, 2.75) is 11.8 Å². The number of rotatable bonds is 5. The molecule has 0 spiro atoms. The van der Waals surface area contributed by atoms with Gasteiger partial charge in [-0.3, -0.25) is 4.79 Å². The zero-order valence-electron chi connectivity index (χ0n) is 11.7. The number of benzene rings is 1. The number of aryl methyl sites for hydroxylation is 1. The van der Waals surface area contributed by atoms with E-state index in [2.05, 4.69) is 5.32 Å². The summed E-state index contributed by atoms with van der Waals surface area (Å²) in [6, 6.07) is 11.4. The van der Waals surface area contributed by atoms with Gasteiger partial charge in [-0.15, -0.1) is 23.1 Å². The molecule has 0 unspecified atom stereocenters. The first-order valence-corrected chi connectivity index (χ1v) is 8.07. The average Bonchev–Trinajstić information content (AvgIpc) is 2.86. The summed E-state index contributed by atoms with van der Waals surface area (Å²) >= 11 is 2.82. The number of hydrogen-bond donors (Lipinski definition) is 1. The van der Waals surface area contributed by atoms with E-state index >= 15 is 0 Å². The maximum Gasteiger partial charge on any atom is 0.340 e. The number of thioether (sulfide) groups is 1. The fourth-order valence-electron chi connectivity index (χ4n) is 1.70.